The van der Waals surface area contributed by atoms with Gasteiger partial charge in [0.25, 0.3) is 5.91 Å². The normalized spacial score (nSPS) is 19.2. The van der Waals surface area contributed by atoms with Crippen LogP contribution in [0.4, 0.5) is 5.69 Å². The van der Waals surface area contributed by atoms with Crippen LogP contribution in [-0.2, 0) is 16.8 Å². The zero-order valence-electron chi connectivity index (χ0n) is 13.3. The Bertz CT molecular complexity index is 743. The lowest BCUT2D eigenvalue weighted by Gasteiger charge is -2.34. The van der Waals surface area contributed by atoms with Crippen LogP contribution in [-0.4, -0.2) is 24.0 Å². The number of carbonyl (C=O) groups is 2. The van der Waals surface area contributed by atoms with Crippen LogP contribution in [0.15, 0.2) is 48.5 Å². The Balaban J connectivity index is 1.69. The SMILES string of the molecule is O=CNc1ccc(C(=O)NCC2(O)CCCc3ccccc32)cc1. The zero-order valence-corrected chi connectivity index (χ0v) is 13.3. The number of hydrogen-bond acceptors (Lipinski definition) is 3. The molecule has 1 aliphatic carbocycles. The second-order valence-corrected chi connectivity index (χ2v) is 6.06. The molecule has 24 heavy (non-hydrogen) atoms. The van der Waals surface area contributed by atoms with Gasteiger partial charge in [0, 0.05) is 11.3 Å². The van der Waals surface area contributed by atoms with Crippen molar-refractivity contribution in [2.24, 2.45) is 0 Å². The minimum absolute atomic E-state index is 0.178. The number of hydrogen-bond donors (Lipinski definition) is 3. The molecular weight excluding hydrogens is 304 g/mol. The van der Waals surface area contributed by atoms with Crippen molar-refractivity contribution in [1.82, 2.24) is 5.32 Å². The molecule has 0 spiro atoms. The second kappa shape index (κ2) is 6.84. The fourth-order valence-corrected chi connectivity index (χ4v) is 3.20. The van der Waals surface area contributed by atoms with Crippen molar-refractivity contribution in [2.75, 3.05) is 11.9 Å². The van der Waals surface area contributed by atoms with Crippen molar-refractivity contribution in [3.05, 3.63) is 65.2 Å². The standard InChI is InChI=1S/C19H20N2O3/c22-13-21-16-9-7-15(8-10-16)18(23)20-12-19(24)11-3-5-14-4-1-2-6-17(14)19/h1-2,4,6-10,13,24H,3,5,11-12H2,(H,20,23)(H,21,22). The Morgan fingerprint density at radius 3 is 2.67 bits per heavy atom. The molecule has 3 rings (SSSR count). The summed E-state index contributed by atoms with van der Waals surface area (Å²) >= 11 is 0. The quantitative estimate of drug-likeness (QED) is 0.738. The van der Waals surface area contributed by atoms with Gasteiger partial charge in [-0.1, -0.05) is 24.3 Å². The van der Waals surface area contributed by atoms with E-state index in [1.165, 1.54) is 0 Å². The molecule has 0 fully saturated rings. The molecule has 5 heteroatoms. The maximum atomic E-state index is 12.3. The van der Waals surface area contributed by atoms with Gasteiger partial charge in [-0.25, -0.2) is 0 Å². The summed E-state index contributed by atoms with van der Waals surface area (Å²) in [4.78, 5) is 22.7. The highest BCUT2D eigenvalue weighted by Crippen LogP contribution is 2.34. The van der Waals surface area contributed by atoms with E-state index in [2.05, 4.69) is 10.6 Å². The molecular formula is C19H20N2O3. The number of nitrogens with one attached hydrogen (secondary N) is 2. The third-order valence-corrected chi connectivity index (χ3v) is 4.47. The Kier molecular flexibility index (Phi) is 4.62. The van der Waals surface area contributed by atoms with Crippen molar-refractivity contribution in [3.63, 3.8) is 0 Å². The first-order valence-corrected chi connectivity index (χ1v) is 8.02. The molecule has 0 saturated heterocycles. The molecule has 0 radical (unpaired) electrons. The fraction of sp³-hybridized carbons (Fsp3) is 0.263. The summed E-state index contributed by atoms with van der Waals surface area (Å²) in [7, 11) is 0. The van der Waals surface area contributed by atoms with E-state index in [1.54, 1.807) is 24.3 Å². The third kappa shape index (κ3) is 3.31. The number of anilines is 1. The third-order valence-electron chi connectivity index (χ3n) is 4.47. The van der Waals surface area contributed by atoms with Gasteiger partial charge in [-0.15, -0.1) is 0 Å². The van der Waals surface area contributed by atoms with Crippen molar-refractivity contribution in [3.8, 4) is 0 Å². The average Bonchev–Trinajstić information content (AvgIpc) is 2.61. The lowest BCUT2D eigenvalue weighted by molar-refractivity contribution is -0.105. The van der Waals surface area contributed by atoms with Gasteiger partial charge in [-0.3, -0.25) is 9.59 Å². The molecule has 2 aromatic rings. The van der Waals surface area contributed by atoms with Gasteiger partial charge in [0.15, 0.2) is 0 Å². The van der Waals surface area contributed by atoms with E-state index < -0.39 is 5.60 Å². The summed E-state index contributed by atoms with van der Waals surface area (Å²) in [5, 5.41) is 16.3. The molecule has 0 aromatic heterocycles. The summed E-state index contributed by atoms with van der Waals surface area (Å²) in [6.07, 6.45) is 3.07. The van der Waals surface area contributed by atoms with E-state index >= 15 is 0 Å². The van der Waals surface area contributed by atoms with Gasteiger partial charge in [0.05, 0.1) is 6.54 Å². The van der Waals surface area contributed by atoms with Crippen molar-refractivity contribution in [2.45, 2.75) is 24.9 Å². The molecule has 1 atom stereocenters. The molecule has 5 nitrogen and oxygen atoms in total. The molecule has 1 aliphatic rings. The predicted octanol–water partition coefficient (Wildman–Crippen LogP) is 2.21. The minimum atomic E-state index is -1.02. The Morgan fingerprint density at radius 2 is 1.92 bits per heavy atom. The van der Waals surface area contributed by atoms with Crippen molar-refractivity contribution in [1.29, 1.82) is 0 Å². The van der Waals surface area contributed by atoms with Crippen LogP contribution >= 0.6 is 0 Å². The molecule has 2 aromatic carbocycles. The first kappa shape index (κ1) is 16.2. The summed E-state index contributed by atoms with van der Waals surface area (Å²) in [5.41, 5.74) is 2.14. The van der Waals surface area contributed by atoms with E-state index in [9.17, 15) is 14.7 Å². The van der Waals surface area contributed by atoms with Gasteiger partial charge >= 0.3 is 0 Å². The van der Waals surface area contributed by atoms with Gasteiger partial charge in [-0.2, -0.15) is 0 Å². The molecule has 124 valence electrons. The van der Waals surface area contributed by atoms with Gasteiger partial charge in [0.2, 0.25) is 6.41 Å². The maximum Gasteiger partial charge on any atom is 0.251 e. The minimum Gasteiger partial charge on any atom is -0.383 e. The summed E-state index contributed by atoms with van der Waals surface area (Å²) < 4.78 is 0. The van der Waals surface area contributed by atoms with E-state index in [-0.39, 0.29) is 12.5 Å². The summed E-state index contributed by atoms with van der Waals surface area (Å²) in [6.45, 7) is 0.178. The smallest absolute Gasteiger partial charge is 0.251 e. The molecule has 0 bridgehead atoms. The van der Waals surface area contributed by atoms with Crippen LogP contribution in [0.25, 0.3) is 0 Å². The van der Waals surface area contributed by atoms with E-state index in [4.69, 9.17) is 0 Å². The van der Waals surface area contributed by atoms with Crippen molar-refractivity contribution >= 4 is 18.0 Å². The van der Waals surface area contributed by atoms with E-state index in [0.29, 0.717) is 24.1 Å². The summed E-state index contributed by atoms with van der Waals surface area (Å²) in [5.74, 6) is -0.246. The number of amides is 2. The molecule has 3 N–H and O–H groups in total. The van der Waals surface area contributed by atoms with Gasteiger partial charge in [-0.05, 0) is 54.7 Å². The average molecular weight is 324 g/mol. The van der Waals surface area contributed by atoms with E-state index in [0.717, 1.165) is 24.0 Å². The van der Waals surface area contributed by atoms with Gasteiger partial charge < -0.3 is 15.7 Å². The fourth-order valence-electron chi connectivity index (χ4n) is 3.20. The van der Waals surface area contributed by atoms with Crippen molar-refractivity contribution < 1.29 is 14.7 Å². The van der Waals surface area contributed by atoms with Gasteiger partial charge in [0.1, 0.15) is 5.60 Å². The number of benzene rings is 2. The zero-order chi connectivity index (χ0) is 17.0. The largest absolute Gasteiger partial charge is 0.383 e. The van der Waals surface area contributed by atoms with Crippen LogP contribution in [0.3, 0.4) is 0 Å². The topological polar surface area (TPSA) is 78.4 Å². The Morgan fingerprint density at radius 1 is 1.17 bits per heavy atom. The van der Waals surface area contributed by atoms with Crippen LogP contribution < -0.4 is 10.6 Å². The highest BCUT2D eigenvalue weighted by atomic mass is 16.3. The lowest BCUT2D eigenvalue weighted by Crippen LogP contribution is -2.43. The highest BCUT2D eigenvalue weighted by Gasteiger charge is 2.34. The van der Waals surface area contributed by atoms with E-state index in [1.807, 2.05) is 24.3 Å². The predicted molar refractivity (Wildman–Crippen MR) is 91.7 cm³/mol. The first-order chi connectivity index (χ1) is 11.6. The molecule has 0 aliphatic heterocycles. The van der Waals surface area contributed by atoms with Crippen LogP contribution in [0, 0.1) is 0 Å². The molecule has 0 saturated carbocycles. The maximum absolute atomic E-state index is 12.3. The highest BCUT2D eigenvalue weighted by molar-refractivity contribution is 5.94. The molecule has 2 amide bonds. The molecule has 0 heterocycles. The number of aryl methyl sites for hydroxylation is 1. The van der Waals surface area contributed by atoms with Crippen LogP contribution in [0.5, 0.6) is 0 Å². The number of aliphatic hydroxyl groups is 1. The number of carbonyl (C=O) groups excluding carboxylic acids is 2. The molecule has 1 unspecified atom stereocenters. The Hall–Kier alpha value is -2.66. The van der Waals surface area contributed by atoms with Crippen LogP contribution in [0.2, 0.25) is 0 Å². The summed E-state index contributed by atoms with van der Waals surface area (Å²) in [6, 6.07) is 14.4. The Labute approximate surface area is 140 Å². The first-order valence-electron chi connectivity index (χ1n) is 8.02. The second-order valence-electron chi connectivity index (χ2n) is 6.06. The number of fused-ring (bicyclic) bond motifs is 1. The number of rotatable bonds is 5. The monoisotopic (exact) mass is 324 g/mol. The lowest BCUT2D eigenvalue weighted by atomic mass is 9.79. The van der Waals surface area contributed by atoms with Crippen LogP contribution in [0.1, 0.15) is 34.3 Å².